The van der Waals surface area contributed by atoms with E-state index in [-0.39, 0.29) is 13.0 Å². The van der Waals surface area contributed by atoms with E-state index in [4.69, 9.17) is 14.2 Å². The Kier molecular flexibility index (Phi) is 7.36. The van der Waals surface area contributed by atoms with E-state index in [1.54, 1.807) is 53.7 Å². The molecule has 0 saturated carbocycles. The molecule has 1 aliphatic rings. The van der Waals surface area contributed by atoms with Crippen molar-refractivity contribution in [2.45, 2.75) is 59.2 Å². The van der Waals surface area contributed by atoms with Gasteiger partial charge >= 0.3 is 18.2 Å². The van der Waals surface area contributed by atoms with E-state index in [1.807, 2.05) is 12.1 Å². The summed E-state index contributed by atoms with van der Waals surface area (Å²) in [5.41, 5.74) is -0.287. The fourth-order valence-corrected chi connectivity index (χ4v) is 4.77. The number of hydrogen-bond donors (Lipinski definition) is 0. The Balaban J connectivity index is 2.03. The monoisotopic (exact) mass is 550 g/mol. The third kappa shape index (κ3) is 5.69. The van der Waals surface area contributed by atoms with Gasteiger partial charge in [0.15, 0.2) is 0 Å². The average Bonchev–Trinajstić information content (AvgIpc) is 3.20. The van der Waals surface area contributed by atoms with Crippen molar-refractivity contribution in [3.63, 3.8) is 0 Å². The molecule has 0 radical (unpaired) electrons. The van der Waals surface area contributed by atoms with Gasteiger partial charge in [-0.3, -0.25) is 9.59 Å². The predicted octanol–water partition coefficient (Wildman–Crippen LogP) is 4.91. The summed E-state index contributed by atoms with van der Waals surface area (Å²) in [6.45, 7) is 10.3. The molecule has 0 unspecified atom stereocenters. The molecule has 0 N–H and O–H groups in total. The number of amides is 2. The van der Waals surface area contributed by atoms with Crippen LogP contribution in [0.25, 0.3) is 10.9 Å². The molecule has 3 rings (SSSR count). The average molecular weight is 551 g/mol. The summed E-state index contributed by atoms with van der Waals surface area (Å²) < 4.78 is 17.7. The lowest BCUT2D eigenvalue weighted by molar-refractivity contribution is -0.147. The second-order valence-corrected chi connectivity index (χ2v) is 11.2. The third-order valence-electron chi connectivity index (χ3n) is 5.48. The van der Waals surface area contributed by atoms with Crippen molar-refractivity contribution in [2.75, 3.05) is 13.7 Å². The zero-order chi connectivity index (χ0) is 26.3. The van der Waals surface area contributed by atoms with Gasteiger partial charge in [-0.05, 0) is 75.5 Å². The number of rotatable bonds is 3. The molecule has 190 valence electrons. The Morgan fingerprint density at radius 1 is 1.00 bits per heavy atom. The van der Waals surface area contributed by atoms with E-state index in [1.165, 1.54) is 11.7 Å². The number of likely N-dealkylation sites (tertiary alicyclic amines) is 1. The lowest BCUT2D eigenvalue weighted by Crippen LogP contribution is -2.38. The first-order valence-electron chi connectivity index (χ1n) is 11.3. The number of carbonyl (C=O) groups is 4. The summed E-state index contributed by atoms with van der Waals surface area (Å²) in [7, 11) is 1.24. The minimum absolute atomic E-state index is 0.0921. The van der Waals surface area contributed by atoms with Crippen LogP contribution >= 0.6 is 15.9 Å². The van der Waals surface area contributed by atoms with Crippen LogP contribution in [-0.4, -0.2) is 58.4 Å². The molecule has 2 atom stereocenters. The number of carbonyl (C=O) groups excluding carboxylic acids is 4. The highest BCUT2D eigenvalue weighted by atomic mass is 79.9. The number of nitrogens with zero attached hydrogens (tertiary/aromatic N) is 2. The highest BCUT2D eigenvalue weighted by molar-refractivity contribution is 9.10. The second kappa shape index (κ2) is 9.64. The summed E-state index contributed by atoms with van der Waals surface area (Å²) in [4.78, 5) is 52.6. The maximum atomic E-state index is 13.3. The van der Waals surface area contributed by atoms with Crippen molar-refractivity contribution in [3.8, 4) is 0 Å². The fraction of sp³-hybridized carbons (Fsp3) is 0.520. The van der Waals surface area contributed by atoms with Crippen molar-refractivity contribution in [1.82, 2.24) is 9.47 Å². The molecule has 1 aliphatic heterocycles. The lowest BCUT2D eigenvalue weighted by Gasteiger charge is -2.23. The van der Waals surface area contributed by atoms with Crippen LogP contribution in [0.2, 0.25) is 0 Å². The molecule has 1 aromatic carbocycles. The summed E-state index contributed by atoms with van der Waals surface area (Å²) in [6.07, 6.45) is -1.30. The smallest absolute Gasteiger partial charge is 0.419 e. The van der Waals surface area contributed by atoms with Crippen molar-refractivity contribution in [2.24, 2.45) is 11.8 Å². The van der Waals surface area contributed by atoms with Crippen LogP contribution < -0.4 is 0 Å². The number of esters is 1. The van der Waals surface area contributed by atoms with E-state index < -0.39 is 47.1 Å². The van der Waals surface area contributed by atoms with Gasteiger partial charge in [-0.1, -0.05) is 18.2 Å². The van der Waals surface area contributed by atoms with E-state index >= 15 is 0 Å². The zero-order valence-electron chi connectivity index (χ0n) is 21.0. The first-order valence-corrected chi connectivity index (χ1v) is 12.1. The Hall–Kier alpha value is -2.88. The van der Waals surface area contributed by atoms with Gasteiger partial charge in [0.25, 0.3) is 0 Å². The van der Waals surface area contributed by atoms with Crippen LogP contribution in [0.4, 0.5) is 9.59 Å². The van der Waals surface area contributed by atoms with Crippen molar-refractivity contribution >= 4 is 50.9 Å². The van der Waals surface area contributed by atoms with E-state index in [0.29, 0.717) is 15.7 Å². The molecular weight excluding hydrogens is 520 g/mol. The Morgan fingerprint density at radius 3 is 2.14 bits per heavy atom. The van der Waals surface area contributed by atoms with E-state index in [0.717, 1.165) is 10.3 Å². The highest BCUT2D eigenvalue weighted by Gasteiger charge is 2.49. The number of fused-ring (bicyclic) bond motifs is 1. The largest absolute Gasteiger partial charge is 0.469 e. The number of aromatic nitrogens is 1. The molecule has 0 spiro atoms. The normalized spacial score (nSPS) is 18.6. The lowest BCUT2D eigenvalue weighted by atomic mass is 9.89. The van der Waals surface area contributed by atoms with Gasteiger partial charge in [-0.25, -0.2) is 19.1 Å². The Morgan fingerprint density at radius 2 is 1.57 bits per heavy atom. The first-order chi connectivity index (χ1) is 16.1. The van der Waals surface area contributed by atoms with Crippen LogP contribution in [0.3, 0.4) is 0 Å². The molecule has 9 nitrogen and oxygen atoms in total. The molecule has 1 saturated heterocycles. The second-order valence-electron chi connectivity index (χ2n) is 10.5. The molecule has 0 aliphatic carbocycles. The van der Waals surface area contributed by atoms with Crippen LogP contribution in [0, 0.1) is 11.8 Å². The Bertz CT molecular complexity index is 1170. The highest BCUT2D eigenvalue weighted by Crippen LogP contribution is 2.37. The summed E-state index contributed by atoms with van der Waals surface area (Å²) in [6, 6.07) is 7.21. The van der Waals surface area contributed by atoms with Crippen molar-refractivity contribution < 1.29 is 33.4 Å². The number of benzene rings is 1. The van der Waals surface area contributed by atoms with Crippen LogP contribution in [0.1, 0.15) is 47.1 Å². The molecule has 1 fully saturated rings. The number of imide groups is 1. The van der Waals surface area contributed by atoms with Crippen LogP contribution in [0.5, 0.6) is 0 Å². The van der Waals surface area contributed by atoms with Gasteiger partial charge in [0.1, 0.15) is 11.2 Å². The van der Waals surface area contributed by atoms with E-state index in [9.17, 15) is 19.2 Å². The van der Waals surface area contributed by atoms with Gasteiger partial charge in [-0.2, -0.15) is 0 Å². The number of ether oxygens (including phenoxy) is 3. The molecule has 2 heterocycles. The fourth-order valence-electron chi connectivity index (χ4n) is 4.06. The molecule has 10 heteroatoms. The molecule has 2 amide bonds. The predicted molar refractivity (Wildman–Crippen MR) is 132 cm³/mol. The molecule has 0 bridgehead atoms. The summed E-state index contributed by atoms with van der Waals surface area (Å²) >= 11 is 3.52. The van der Waals surface area contributed by atoms with Crippen molar-refractivity contribution in [1.29, 1.82) is 0 Å². The summed E-state index contributed by atoms with van der Waals surface area (Å²) in [5, 5.41) is 0.720. The van der Waals surface area contributed by atoms with Crippen LogP contribution in [0.15, 0.2) is 28.9 Å². The molecular formula is C25H31BrN2O7. The van der Waals surface area contributed by atoms with Gasteiger partial charge in [0.2, 0.25) is 5.91 Å². The minimum Gasteiger partial charge on any atom is -0.469 e. The van der Waals surface area contributed by atoms with E-state index in [2.05, 4.69) is 15.9 Å². The number of methoxy groups -OCH3 is 1. The first kappa shape index (κ1) is 26.7. The number of para-hydroxylation sites is 1. The number of hydrogen-bond acceptors (Lipinski definition) is 7. The standard InChI is InChI=1S/C25H31BrN2O7/c1-24(2,3)34-22(31)27-13-17(21(30)33-7)16(20(27)29)12-15-14-10-8-9-11-18(14)28(19(15)26)23(32)35-25(4,5)6/h8-11,16-17H,12-13H2,1-7H3/t16-,17+/m1/s1. The number of halogens is 1. The maximum absolute atomic E-state index is 13.3. The Labute approximate surface area is 212 Å². The summed E-state index contributed by atoms with van der Waals surface area (Å²) in [5.74, 6) is -2.89. The third-order valence-corrected chi connectivity index (χ3v) is 6.31. The SMILES string of the molecule is COC(=O)[C@H]1CN(C(=O)OC(C)(C)C)C(=O)[C@@H]1Cc1c(Br)n(C(=O)OC(C)(C)C)c2ccccc12. The van der Waals surface area contributed by atoms with Crippen molar-refractivity contribution in [3.05, 3.63) is 34.4 Å². The van der Waals surface area contributed by atoms with Gasteiger partial charge < -0.3 is 14.2 Å². The van der Waals surface area contributed by atoms with Gasteiger partial charge in [0, 0.05) is 11.9 Å². The zero-order valence-corrected chi connectivity index (χ0v) is 22.6. The topological polar surface area (TPSA) is 104 Å². The minimum atomic E-state index is -0.885. The maximum Gasteiger partial charge on any atom is 0.419 e. The molecule has 2 aromatic rings. The quantitative estimate of drug-likeness (QED) is 0.394. The molecule has 35 heavy (non-hydrogen) atoms. The molecule has 1 aromatic heterocycles. The van der Waals surface area contributed by atoms with Gasteiger partial charge in [-0.15, -0.1) is 0 Å². The van der Waals surface area contributed by atoms with Gasteiger partial charge in [0.05, 0.1) is 29.1 Å². The van der Waals surface area contributed by atoms with Crippen LogP contribution in [-0.2, 0) is 30.2 Å².